The number of hydrogen-bond acceptors (Lipinski definition) is 4. The quantitative estimate of drug-likeness (QED) is 0.498. The first-order chi connectivity index (χ1) is 15.2. The van der Waals surface area contributed by atoms with Crippen LogP contribution in [-0.4, -0.2) is 22.7 Å². The minimum atomic E-state index is -4.39. The van der Waals surface area contributed by atoms with Gasteiger partial charge in [-0.3, -0.25) is 4.79 Å². The first-order valence-corrected chi connectivity index (χ1v) is 10.3. The number of fused-ring (bicyclic) bond motifs is 1. The molecule has 0 fully saturated rings. The number of oxazole rings is 1. The number of rotatable bonds is 7. The van der Waals surface area contributed by atoms with E-state index < -0.39 is 17.7 Å². The Balaban J connectivity index is 1.37. The summed E-state index contributed by atoms with van der Waals surface area (Å²) >= 11 is 0. The Hall–Kier alpha value is -3.29. The maximum atomic E-state index is 12.7. The van der Waals surface area contributed by atoms with Crippen LogP contribution in [0.2, 0.25) is 0 Å². The van der Waals surface area contributed by atoms with Crippen LogP contribution < -0.4 is 4.74 Å². The molecule has 1 aliphatic rings. The lowest BCUT2D eigenvalue weighted by molar-refractivity contribution is -0.138. The maximum Gasteiger partial charge on any atom is 0.416 e. The predicted molar refractivity (Wildman–Crippen MR) is 111 cm³/mol. The zero-order valence-corrected chi connectivity index (χ0v) is 17.4. The van der Waals surface area contributed by atoms with Crippen LogP contribution in [0.15, 0.2) is 46.9 Å². The number of alkyl halides is 3. The average Bonchev–Trinajstić information content (AvgIpc) is 3.30. The summed E-state index contributed by atoms with van der Waals surface area (Å²) in [6.45, 7) is 2.13. The molecule has 168 valence electrons. The fourth-order valence-electron chi connectivity index (χ4n) is 4.04. The van der Waals surface area contributed by atoms with Crippen molar-refractivity contribution in [2.24, 2.45) is 0 Å². The van der Waals surface area contributed by atoms with Gasteiger partial charge < -0.3 is 14.3 Å². The molecule has 0 amide bonds. The summed E-state index contributed by atoms with van der Waals surface area (Å²) in [5, 5.41) is 9.04. The second-order valence-corrected chi connectivity index (χ2v) is 7.90. The Morgan fingerprint density at radius 1 is 1.22 bits per heavy atom. The molecule has 4 rings (SSSR count). The Labute approximate surface area is 182 Å². The van der Waals surface area contributed by atoms with Crippen molar-refractivity contribution in [3.05, 3.63) is 70.6 Å². The largest absolute Gasteiger partial charge is 0.493 e. The Kier molecular flexibility index (Phi) is 5.95. The van der Waals surface area contributed by atoms with E-state index in [-0.39, 0.29) is 18.2 Å². The number of carboxylic acids is 1. The van der Waals surface area contributed by atoms with E-state index >= 15 is 0 Å². The van der Waals surface area contributed by atoms with Crippen molar-refractivity contribution in [1.82, 2.24) is 4.98 Å². The number of carbonyl (C=O) groups is 1. The summed E-state index contributed by atoms with van der Waals surface area (Å²) in [4.78, 5) is 15.3. The van der Waals surface area contributed by atoms with Gasteiger partial charge in [0, 0.05) is 12.0 Å². The van der Waals surface area contributed by atoms with Gasteiger partial charge in [0.05, 0.1) is 24.3 Å². The first-order valence-electron chi connectivity index (χ1n) is 10.3. The van der Waals surface area contributed by atoms with Crippen molar-refractivity contribution >= 4 is 5.97 Å². The molecule has 0 bridgehead atoms. The molecule has 1 unspecified atom stereocenters. The molecule has 0 aliphatic heterocycles. The van der Waals surface area contributed by atoms with Crippen LogP contribution in [0.1, 0.15) is 46.9 Å². The lowest BCUT2D eigenvalue weighted by Crippen LogP contribution is -2.04. The van der Waals surface area contributed by atoms with Crippen LogP contribution in [0.3, 0.4) is 0 Å². The molecule has 0 saturated carbocycles. The summed E-state index contributed by atoms with van der Waals surface area (Å²) in [5.74, 6) is 0.856. The van der Waals surface area contributed by atoms with E-state index in [1.54, 1.807) is 6.92 Å². The SMILES string of the molecule is Cc1nc(-c2ccc(C(F)(F)F)cc2)oc1CCOc1ccc2c(c1)CCC2CC(=O)O. The second kappa shape index (κ2) is 8.68. The highest BCUT2D eigenvalue weighted by molar-refractivity contribution is 5.68. The third-order valence-corrected chi connectivity index (χ3v) is 5.69. The van der Waals surface area contributed by atoms with Crippen molar-refractivity contribution in [1.29, 1.82) is 0 Å². The summed E-state index contributed by atoms with van der Waals surface area (Å²) < 4.78 is 49.8. The molecule has 0 spiro atoms. The average molecular weight is 445 g/mol. The zero-order valence-electron chi connectivity index (χ0n) is 17.4. The highest BCUT2D eigenvalue weighted by Crippen LogP contribution is 2.37. The van der Waals surface area contributed by atoms with Gasteiger partial charge in [0.1, 0.15) is 11.5 Å². The van der Waals surface area contributed by atoms with E-state index in [2.05, 4.69) is 4.98 Å². The van der Waals surface area contributed by atoms with Gasteiger partial charge in [0.15, 0.2) is 0 Å². The fourth-order valence-corrected chi connectivity index (χ4v) is 4.04. The molecule has 3 aromatic rings. The predicted octanol–water partition coefficient (Wildman–Crippen LogP) is 5.79. The van der Waals surface area contributed by atoms with Gasteiger partial charge in [0.2, 0.25) is 5.89 Å². The summed E-state index contributed by atoms with van der Waals surface area (Å²) in [6.07, 6.45) is -2.13. The van der Waals surface area contributed by atoms with Crippen molar-refractivity contribution in [2.45, 2.75) is 44.7 Å². The molecule has 8 heteroatoms. The fraction of sp³-hybridized carbons (Fsp3) is 0.333. The van der Waals surface area contributed by atoms with Crippen LogP contribution in [-0.2, 0) is 23.8 Å². The topological polar surface area (TPSA) is 72.6 Å². The number of aliphatic carboxylic acids is 1. The molecule has 1 aliphatic carbocycles. The molecular weight excluding hydrogens is 423 g/mol. The number of ether oxygens (including phenoxy) is 1. The molecule has 1 N–H and O–H groups in total. The molecule has 0 radical (unpaired) electrons. The van der Waals surface area contributed by atoms with E-state index in [0.717, 1.165) is 36.1 Å². The van der Waals surface area contributed by atoms with Crippen LogP contribution in [0, 0.1) is 6.92 Å². The molecule has 1 aromatic heterocycles. The third kappa shape index (κ3) is 4.79. The number of carboxylic acid groups (broad SMARTS) is 1. The molecule has 0 saturated heterocycles. The van der Waals surface area contributed by atoms with Crippen molar-refractivity contribution < 1.29 is 32.2 Å². The van der Waals surface area contributed by atoms with Crippen LogP contribution >= 0.6 is 0 Å². The minimum Gasteiger partial charge on any atom is -0.493 e. The number of benzene rings is 2. The molecule has 2 aromatic carbocycles. The third-order valence-electron chi connectivity index (χ3n) is 5.69. The van der Waals surface area contributed by atoms with Gasteiger partial charge in [-0.1, -0.05) is 6.07 Å². The standard InChI is InChI=1S/C24H22F3NO4/c1-14-21(32-23(28-14)15-4-6-18(7-5-15)24(25,26)27)10-11-31-19-8-9-20-16(12-19)2-3-17(20)13-22(29)30/h4-9,12,17H,2-3,10-11,13H2,1H3,(H,29,30). The van der Waals surface area contributed by atoms with E-state index in [1.165, 1.54) is 12.1 Å². The van der Waals surface area contributed by atoms with Gasteiger partial charge in [-0.15, -0.1) is 0 Å². The minimum absolute atomic E-state index is 0.0528. The van der Waals surface area contributed by atoms with Crippen LogP contribution in [0.4, 0.5) is 13.2 Å². The van der Waals surface area contributed by atoms with E-state index in [0.29, 0.717) is 35.8 Å². The summed E-state index contributed by atoms with van der Waals surface area (Å²) in [6, 6.07) is 10.4. The molecule has 32 heavy (non-hydrogen) atoms. The smallest absolute Gasteiger partial charge is 0.416 e. The van der Waals surface area contributed by atoms with Crippen LogP contribution in [0.5, 0.6) is 5.75 Å². The van der Waals surface area contributed by atoms with E-state index in [9.17, 15) is 18.0 Å². The van der Waals surface area contributed by atoms with E-state index in [1.807, 2.05) is 18.2 Å². The number of nitrogens with zero attached hydrogens (tertiary/aromatic N) is 1. The first kappa shape index (κ1) is 21.9. The number of aryl methyl sites for hydroxylation is 2. The van der Waals surface area contributed by atoms with Crippen LogP contribution in [0.25, 0.3) is 11.5 Å². The summed E-state index contributed by atoms with van der Waals surface area (Å²) in [5.41, 5.74) is 2.61. The zero-order chi connectivity index (χ0) is 22.9. The highest BCUT2D eigenvalue weighted by atomic mass is 19.4. The second-order valence-electron chi connectivity index (χ2n) is 7.90. The van der Waals surface area contributed by atoms with Crippen molar-refractivity contribution in [2.75, 3.05) is 6.61 Å². The monoisotopic (exact) mass is 445 g/mol. The lowest BCUT2D eigenvalue weighted by Gasteiger charge is -2.10. The van der Waals surface area contributed by atoms with Gasteiger partial charge in [-0.2, -0.15) is 13.2 Å². The lowest BCUT2D eigenvalue weighted by atomic mass is 9.98. The molecule has 5 nitrogen and oxygen atoms in total. The number of hydrogen-bond donors (Lipinski definition) is 1. The molecule has 1 atom stereocenters. The normalized spacial score (nSPS) is 15.6. The highest BCUT2D eigenvalue weighted by Gasteiger charge is 2.30. The van der Waals surface area contributed by atoms with E-state index in [4.69, 9.17) is 14.3 Å². The molecular formula is C24H22F3NO4. The summed E-state index contributed by atoms with van der Waals surface area (Å²) in [7, 11) is 0. The van der Waals surface area contributed by atoms with Gasteiger partial charge >= 0.3 is 12.1 Å². The number of halogens is 3. The van der Waals surface area contributed by atoms with Crippen molar-refractivity contribution in [3.63, 3.8) is 0 Å². The van der Waals surface area contributed by atoms with Crippen molar-refractivity contribution in [3.8, 4) is 17.2 Å². The number of aromatic nitrogens is 1. The molecule has 1 heterocycles. The Bertz CT molecular complexity index is 1120. The Morgan fingerprint density at radius 2 is 1.97 bits per heavy atom. The maximum absolute atomic E-state index is 12.7. The Morgan fingerprint density at radius 3 is 2.66 bits per heavy atom. The van der Waals surface area contributed by atoms with Gasteiger partial charge in [-0.05, 0) is 73.2 Å². The van der Waals surface area contributed by atoms with Gasteiger partial charge in [-0.25, -0.2) is 4.98 Å². The van der Waals surface area contributed by atoms with Gasteiger partial charge in [0.25, 0.3) is 0 Å².